The zero-order chi connectivity index (χ0) is 13.8. The van der Waals surface area contributed by atoms with E-state index in [1.807, 2.05) is 36.5 Å². The number of aromatic nitrogens is 1. The van der Waals surface area contributed by atoms with Gasteiger partial charge in [-0.3, -0.25) is 4.98 Å². The number of benzene rings is 1. The SMILES string of the molecule is CC(c1ccc(Cl)cc1)N(C)c1ccncc1CN. The molecule has 1 atom stereocenters. The van der Waals surface area contributed by atoms with Crippen LogP contribution in [0.15, 0.2) is 42.7 Å². The first-order valence-electron chi connectivity index (χ1n) is 6.24. The normalized spacial score (nSPS) is 12.2. The summed E-state index contributed by atoms with van der Waals surface area (Å²) in [6, 6.07) is 10.2. The number of pyridine rings is 1. The molecule has 1 aromatic carbocycles. The number of nitrogens with zero attached hydrogens (tertiary/aromatic N) is 2. The van der Waals surface area contributed by atoms with E-state index in [1.165, 1.54) is 5.56 Å². The van der Waals surface area contributed by atoms with Gasteiger partial charge in [0.25, 0.3) is 0 Å². The Morgan fingerprint density at radius 1 is 1.26 bits per heavy atom. The highest BCUT2D eigenvalue weighted by molar-refractivity contribution is 6.30. The molecule has 1 heterocycles. The molecule has 0 fully saturated rings. The number of hydrogen-bond donors (Lipinski definition) is 1. The highest BCUT2D eigenvalue weighted by atomic mass is 35.5. The van der Waals surface area contributed by atoms with Crippen molar-refractivity contribution in [3.63, 3.8) is 0 Å². The summed E-state index contributed by atoms with van der Waals surface area (Å²) in [7, 11) is 2.06. The van der Waals surface area contributed by atoms with Crippen molar-refractivity contribution >= 4 is 17.3 Å². The van der Waals surface area contributed by atoms with E-state index in [1.54, 1.807) is 6.20 Å². The molecular weight excluding hydrogens is 258 g/mol. The summed E-state index contributed by atoms with van der Waals surface area (Å²) in [5, 5.41) is 0.755. The molecule has 19 heavy (non-hydrogen) atoms. The van der Waals surface area contributed by atoms with Gasteiger partial charge in [0.15, 0.2) is 0 Å². The minimum atomic E-state index is 0.241. The Morgan fingerprint density at radius 2 is 1.95 bits per heavy atom. The van der Waals surface area contributed by atoms with Gasteiger partial charge in [0.05, 0.1) is 6.04 Å². The summed E-state index contributed by atoms with van der Waals surface area (Å²) in [5.74, 6) is 0. The molecule has 2 aromatic rings. The molecule has 0 spiro atoms. The molecule has 0 bridgehead atoms. The van der Waals surface area contributed by atoms with Crippen LogP contribution in [0.25, 0.3) is 0 Å². The maximum absolute atomic E-state index is 5.92. The van der Waals surface area contributed by atoms with Crippen molar-refractivity contribution in [2.24, 2.45) is 5.73 Å². The smallest absolute Gasteiger partial charge is 0.0511 e. The first-order valence-corrected chi connectivity index (χ1v) is 6.62. The fraction of sp³-hybridized carbons (Fsp3) is 0.267. The second kappa shape index (κ2) is 6.04. The summed E-state index contributed by atoms with van der Waals surface area (Å²) >= 11 is 5.92. The third-order valence-corrected chi connectivity index (χ3v) is 3.66. The lowest BCUT2D eigenvalue weighted by atomic mass is 10.1. The standard InChI is InChI=1S/C15H18ClN3/c1-11(12-3-5-14(16)6-4-12)19(2)15-7-8-18-10-13(15)9-17/h3-8,10-11H,9,17H2,1-2H3. The minimum absolute atomic E-state index is 0.241. The van der Waals surface area contributed by atoms with Crippen molar-refractivity contribution in [2.45, 2.75) is 19.5 Å². The van der Waals surface area contributed by atoms with Gasteiger partial charge >= 0.3 is 0 Å². The van der Waals surface area contributed by atoms with E-state index in [9.17, 15) is 0 Å². The average Bonchev–Trinajstić information content (AvgIpc) is 2.46. The number of rotatable bonds is 4. The van der Waals surface area contributed by atoms with Crippen LogP contribution in [0, 0.1) is 0 Å². The molecule has 0 aliphatic carbocycles. The summed E-state index contributed by atoms with van der Waals surface area (Å²) in [6.45, 7) is 2.64. The van der Waals surface area contributed by atoms with Crippen molar-refractivity contribution in [1.29, 1.82) is 0 Å². The molecule has 0 radical (unpaired) electrons. The van der Waals surface area contributed by atoms with E-state index in [4.69, 9.17) is 17.3 Å². The Labute approximate surface area is 119 Å². The van der Waals surface area contributed by atoms with Crippen LogP contribution < -0.4 is 10.6 Å². The molecule has 2 N–H and O–H groups in total. The van der Waals surface area contributed by atoms with Crippen LogP contribution in [0.2, 0.25) is 5.02 Å². The van der Waals surface area contributed by atoms with Crippen molar-refractivity contribution in [3.8, 4) is 0 Å². The predicted molar refractivity (Wildman–Crippen MR) is 80.4 cm³/mol. The van der Waals surface area contributed by atoms with Crippen LogP contribution in [-0.2, 0) is 6.54 Å². The molecule has 0 aliphatic heterocycles. The average molecular weight is 276 g/mol. The maximum Gasteiger partial charge on any atom is 0.0511 e. The van der Waals surface area contributed by atoms with Gasteiger partial charge in [-0.25, -0.2) is 0 Å². The van der Waals surface area contributed by atoms with Gasteiger partial charge in [-0.2, -0.15) is 0 Å². The van der Waals surface area contributed by atoms with Crippen molar-refractivity contribution in [2.75, 3.05) is 11.9 Å². The van der Waals surface area contributed by atoms with Gasteiger partial charge in [0, 0.05) is 42.3 Å². The molecule has 0 amide bonds. The van der Waals surface area contributed by atoms with Crippen molar-refractivity contribution in [3.05, 3.63) is 58.9 Å². The highest BCUT2D eigenvalue weighted by Crippen LogP contribution is 2.28. The fourth-order valence-corrected chi connectivity index (χ4v) is 2.22. The Hall–Kier alpha value is -1.58. The lowest BCUT2D eigenvalue weighted by Crippen LogP contribution is -2.23. The lowest BCUT2D eigenvalue weighted by Gasteiger charge is -2.29. The predicted octanol–water partition coefficient (Wildman–Crippen LogP) is 3.39. The Morgan fingerprint density at radius 3 is 2.58 bits per heavy atom. The van der Waals surface area contributed by atoms with Gasteiger partial charge in [-0.1, -0.05) is 23.7 Å². The second-order valence-electron chi connectivity index (χ2n) is 4.55. The fourth-order valence-electron chi connectivity index (χ4n) is 2.09. The van der Waals surface area contributed by atoms with Crippen LogP contribution in [0.1, 0.15) is 24.1 Å². The third-order valence-electron chi connectivity index (χ3n) is 3.41. The first-order chi connectivity index (χ1) is 9.13. The van der Waals surface area contributed by atoms with Crippen LogP contribution in [0.5, 0.6) is 0 Å². The van der Waals surface area contributed by atoms with Gasteiger partial charge in [0.1, 0.15) is 0 Å². The van der Waals surface area contributed by atoms with E-state index < -0.39 is 0 Å². The quantitative estimate of drug-likeness (QED) is 0.930. The molecule has 1 unspecified atom stereocenters. The molecule has 2 rings (SSSR count). The Balaban J connectivity index is 2.28. The molecule has 0 saturated heterocycles. The first kappa shape index (κ1) is 13.8. The van der Waals surface area contributed by atoms with Crippen molar-refractivity contribution < 1.29 is 0 Å². The van der Waals surface area contributed by atoms with Gasteiger partial charge < -0.3 is 10.6 Å². The molecule has 0 saturated carbocycles. The summed E-state index contributed by atoms with van der Waals surface area (Å²) in [6.07, 6.45) is 3.61. The number of hydrogen-bond acceptors (Lipinski definition) is 3. The maximum atomic E-state index is 5.92. The number of halogens is 1. The largest absolute Gasteiger partial charge is 0.367 e. The molecule has 3 nitrogen and oxygen atoms in total. The zero-order valence-electron chi connectivity index (χ0n) is 11.2. The molecule has 0 aliphatic rings. The summed E-state index contributed by atoms with van der Waals surface area (Å²) in [4.78, 5) is 6.32. The minimum Gasteiger partial charge on any atom is -0.367 e. The molecule has 100 valence electrons. The van der Waals surface area contributed by atoms with E-state index in [-0.39, 0.29) is 6.04 Å². The van der Waals surface area contributed by atoms with Crippen molar-refractivity contribution in [1.82, 2.24) is 4.98 Å². The number of anilines is 1. The van der Waals surface area contributed by atoms with E-state index >= 15 is 0 Å². The van der Waals surface area contributed by atoms with Crippen LogP contribution in [0.3, 0.4) is 0 Å². The van der Waals surface area contributed by atoms with Gasteiger partial charge in [0.2, 0.25) is 0 Å². The van der Waals surface area contributed by atoms with Gasteiger partial charge in [-0.15, -0.1) is 0 Å². The van der Waals surface area contributed by atoms with E-state index in [0.717, 1.165) is 16.3 Å². The zero-order valence-corrected chi connectivity index (χ0v) is 11.9. The monoisotopic (exact) mass is 275 g/mol. The highest BCUT2D eigenvalue weighted by Gasteiger charge is 2.14. The van der Waals surface area contributed by atoms with Crippen LogP contribution in [0.4, 0.5) is 5.69 Å². The molecule has 4 heteroatoms. The molecule has 1 aromatic heterocycles. The summed E-state index contributed by atoms with van der Waals surface area (Å²) in [5.41, 5.74) is 9.14. The van der Waals surface area contributed by atoms with E-state index in [2.05, 4.69) is 23.9 Å². The number of nitrogens with two attached hydrogens (primary N) is 1. The van der Waals surface area contributed by atoms with Crippen LogP contribution in [-0.4, -0.2) is 12.0 Å². The third kappa shape index (κ3) is 3.06. The Bertz CT molecular complexity index is 539. The second-order valence-corrected chi connectivity index (χ2v) is 4.98. The topological polar surface area (TPSA) is 42.2 Å². The summed E-state index contributed by atoms with van der Waals surface area (Å²) < 4.78 is 0. The lowest BCUT2D eigenvalue weighted by molar-refractivity contribution is 0.733. The molecular formula is C15H18ClN3. The van der Waals surface area contributed by atoms with Crippen LogP contribution >= 0.6 is 11.6 Å². The van der Waals surface area contributed by atoms with Gasteiger partial charge in [-0.05, 0) is 30.7 Å². The Kier molecular flexibility index (Phi) is 4.40. The van der Waals surface area contributed by atoms with E-state index in [0.29, 0.717) is 6.54 Å².